The second-order valence-corrected chi connectivity index (χ2v) is 9.74. The smallest absolute Gasteiger partial charge is 0.258 e. The molecule has 1 atom stereocenters. The highest BCUT2D eigenvalue weighted by molar-refractivity contribution is 6.12. The first-order valence-electron chi connectivity index (χ1n) is 12.7. The lowest BCUT2D eigenvalue weighted by atomic mass is 9.94. The van der Waals surface area contributed by atoms with Gasteiger partial charge in [0.25, 0.3) is 5.91 Å². The molecule has 1 unspecified atom stereocenters. The van der Waals surface area contributed by atoms with Crippen molar-refractivity contribution in [3.05, 3.63) is 102 Å². The SMILES string of the molecule is CC(C)c1c(C(=O)Nc2ccccc2)c(-c2ccccc2)c(-c2ccc(F)cc2)n1CC1CCCN1. The van der Waals surface area contributed by atoms with Crippen molar-refractivity contribution >= 4 is 11.6 Å². The van der Waals surface area contributed by atoms with E-state index in [9.17, 15) is 9.18 Å². The van der Waals surface area contributed by atoms with Gasteiger partial charge in [0.2, 0.25) is 0 Å². The minimum atomic E-state index is -0.276. The fourth-order valence-electron chi connectivity index (χ4n) is 5.30. The van der Waals surface area contributed by atoms with Gasteiger partial charge in [-0.25, -0.2) is 4.39 Å². The molecule has 1 aromatic heterocycles. The molecule has 5 rings (SSSR count). The second kappa shape index (κ2) is 10.5. The molecular formula is C31H32FN3O. The summed E-state index contributed by atoms with van der Waals surface area (Å²) in [6.07, 6.45) is 2.23. The molecule has 5 heteroatoms. The lowest BCUT2D eigenvalue weighted by Crippen LogP contribution is -2.28. The van der Waals surface area contributed by atoms with E-state index in [1.54, 1.807) is 0 Å². The number of carbonyl (C=O) groups is 1. The standard InChI is InChI=1S/C31H32FN3O/c1-21(2)29-28(31(36)34-25-12-7-4-8-13-25)27(22-10-5-3-6-11-22)30(23-15-17-24(32)18-16-23)35(29)20-26-14-9-19-33-26/h3-8,10-13,15-18,21,26,33H,9,14,19-20H2,1-2H3,(H,34,36). The van der Waals surface area contributed by atoms with E-state index in [2.05, 4.69) is 29.0 Å². The van der Waals surface area contributed by atoms with Gasteiger partial charge in [0.05, 0.1) is 11.3 Å². The third-order valence-electron chi connectivity index (χ3n) is 6.85. The number of carbonyl (C=O) groups excluding carboxylic acids is 1. The number of amides is 1. The molecule has 4 nitrogen and oxygen atoms in total. The van der Waals surface area contributed by atoms with E-state index in [4.69, 9.17) is 0 Å². The fourth-order valence-corrected chi connectivity index (χ4v) is 5.30. The highest BCUT2D eigenvalue weighted by Gasteiger charge is 2.31. The molecule has 1 amide bonds. The van der Waals surface area contributed by atoms with Crippen molar-refractivity contribution in [2.45, 2.75) is 45.2 Å². The minimum Gasteiger partial charge on any atom is -0.341 e. The summed E-state index contributed by atoms with van der Waals surface area (Å²) in [4.78, 5) is 14.0. The van der Waals surface area contributed by atoms with Crippen LogP contribution in [-0.2, 0) is 6.54 Å². The Hall–Kier alpha value is -3.70. The molecule has 1 fully saturated rings. The minimum absolute atomic E-state index is 0.0968. The average Bonchev–Trinajstić information content (AvgIpc) is 3.52. The van der Waals surface area contributed by atoms with Gasteiger partial charge in [-0.2, -0.15) is 0 Å². The Labute approximate surface area is 212 Å². The molecule has 0 radical (unpaired) electrons. The van der Waals surface area contributed by atoms with Crippen LogP contribution in [0.4, 0.5) is 10.1 Å². The van der Waals surface area contributed by atoms with Gasteiger partial charge in [-0.1, -0.05) is 62.4 Å². The third kappa shape index (κ3) is 4.84. The summed E-state index contributed by atoms with van der Waals surface area (Å²) in [5, 5.41) is 6.75. The van der Waals surface area contributed by atoms with Gasteiger partial charge in [-0.15, -0.1) is 0 Å². The summed E-state index contributed by atoms with van der Waals surface area (Å²) in [5.41, 5.74) is 6.13. The summed E-state index contributed by atoms with van der Waals surface area (Å²) in [6.45, 7) is 6.02. The van der Waals surface area contributed by atoms with Gasteiger partial charge in [-0.05, 0) is 72.8 Å². The maximum absolute atomic E-state index is 14.0. The Balaban J connectivity index is 1.79. The summed E-state index contributed by atoms with van der Waals surface area (Å²) in [6, 6.07) is 26.6. The molecule has 184 valence electrons. The van der Waals surface area contributed by atoms with Crippen molar-refractivity contribution in [1.29, 1.82) is 0 Å². The highest BCUT2D eigenvalue weighted by Crippen LogP contribution is 2.42. The maximum Gasteiger partial charge on any atom is 0.258 e. The summed E-state index contributed by atoms with van der Waals surface area (Å²) < 4.78 is 16.3. The van der Waals surface area contributed by atoms with Crippen molar-refractivity contribution in [3.8, 4) is 22.4 Å². The van der Waals surface area contributed by atoms with Crippen molar-refractivity contribution < 1.29 is 9.18 Å². The van der Waals surface area contributed by atoms with Gasteiger partial charge in [0, 0.05) is 29.5 Å². The number of hydrogen-bond acceptors (Lipinski definition) is 2. The van der Waals surface area contributed by atoms with Gasteiger partial charge < -0.3 is 15.2 Å². The van der Waals surface area contributed by atoms with Crippen LogP contribution < -0.4 is 10.6 Å². The topological polar surface area (TPSA) is 46.1 Å². The number of benzene rings is 3. The summed E-state index contributed by atoms with van der Waals surface area (Å²) in [5.74, 6) is -0.313. The van der Waals surface area contributed by atoms with Crippen LogP contribution in [0.1, 0.15) is 48.7 Å². The van der Waals surface area contributed by atoms with Crippen LogP contribution in [0.3, 0.4) is 0 Å². The van der Waals surface area contributed by atoms with Crippen molar-refractivity contribution in [2.75, 3.05) is 11.9 Å². The molecule has 1 saturated heterocycles. The number of rotatable bonds is 7. The number of nitrogens with one attached hydrogen (secondary N) is 2. The molecule has 2 heterocycles. The van der Waals surface area contributed by atoms with E-state index < -0.39 is 0 Å². The van der Waals surface area contributed by atoms with Crippen LogP contribution in [0, 0.1) is 5.82 Å². The molecule has 3 aromatic carbocycles. The Morgan fingerprint density at radius 2 is 1.64 bits per heavy atom. The van der Waals surface area contributed by atoms with Crippen molar-refractivity contribution in [1.82, 2.24) is 9.88 Å². The Bertz CT molecular complexity index is 1320. The quantitative estimate of drug-likeness (QED) is 0.296. The molecular weight excluding hydrogens is 449 g/mol. The molecule has 0 aliphatic carbocycles. The van der Waals surface area contributed by atoms with Crippen LogP contribution in [0.15, 0.2) is 84.9 Å². The van der Waals surface area contributed by atoms with Crippen molar-refractivity contribution in [3.63, 3.8) is 0 Å². The normalized spacial score (nSPS) is 15.4. The highest BCUT2D eigenvalue weighted by atomic mass is 19.1. The first kappa shape index (κ1) is 24.0. The Morgan fingerprint density at radius 1 is 0.972 bits per heavy atom. The van der Waals surface area contributed by atoms with Crippen LogP contribution in [0.2, 0.25) is 0 Å². The molecule has 36 heavy (non-hydrogen) atoms. The molecule has 2 N–H and O–H groups in total. The monoisotopic (exact) mass is 481 g/mol. The first-order valence-corrected chi connectivity index (χ1v) is 12.7. The van der Waals surface area contributed by atoms with E-state index in [0.717, 1.165) is 59.7 Å². The van der Waals surface area contributed by atoms with E-state index in [1.165, 1.54) is 12.1 Å². The maximum atomic E-state index is 14.0. The molecule has 4 aromatic rings. The zero-order valence-corrected chi connectivity index (χ0v) is 20.8. The molecule has 0 bridgehead atoms. The lowest BCUT2D eigenvalue weighted by Gasteiger charge is -2.20. The number of hydrogen-bond donors (Lipinski definition) is 2. The average molecular weight is 482 g/mol. The summed E-state index contributed by atoms with van der Waals surface area (Å²) >= 11 is 0. The van der Waals surface area contributed by atoms with Gasteiger partial charge >= 0.3 is 0 Å². The van der Waals surface area contributed by atoms with Gasteiger partial charge in [0.15, 0.2) is 0 Å². The number of para-hydroxylation sites is 1. The van der Waals surface area contributed by atoms with Crippen LogP contribution in [-0.4, -0.2) is 23.1 Å². The molecule has 0 spiro atoms. The van der Waals surface area contributed by atoms with Crippen molar-refractivity contribution in [2.24, 2.45) is 0 Å². The Morgan fingerprint density at radius 3 is 2.25 bits per heavy atom. The fraction of sp³-hybridized carbons (Fsp3) is 0.258. The van der Waals surface area contributed by atoms with Gasteiger partial charge in [0.1, 0.15) is 5.82 Å². The van der Waals surface area contributed by atoms with E-state index in [0.29, 0.717) is 11.6 Å². The van der Waals surface area contributed by atoms with Crippen LogP contribution >= 0.6 is 0 Å². The van der Waals surface area contributed by atoms with E-state index in [-0.39, 0.29) is 17.6 Å². The number of aromatic nitrogens is 1. The van der Waals surface area contributed by atoms with E-state index >= 15 is 0 Å². The zero-order valence-electron chi connectivity index (χ0n) is 20.8. The lowest BCUT2D eigenvalue weighted by molar-refractivity contribution is 0.102. The van der Waals surface area contributed by atoms with Crippen LogP contribution in [0.25, 0.3) is 22.4 Å². The van der Waals surface area contributed by atoms with E-state index in [1.807, 2.05) is 72.8 Å². The van der Waals surface area contributed by atoms with Gasteiger partial charge in [-0.3, -0.25) is 4.79 Å². The summed E-state index contributed by atoms with van der Waals surface area (Å²) in [7, 11) is 0. The number of anilines is 1. The predicted octanol–water partition coefficient (Wildman–Crippen LogP) is 7.09. The first-order chi connectivity index (χ1) is 17.5. The zero-order chi connectivity index (χ0) is 25.1. The second-order valence-electron chi connectivity index (χ2n) is 9.74. The molecule has 0 saturated carbocycles. The molecule has 1 aliphatic rings. The third-order valence-corrected chi connectivity index (χ3v) is 6.85. The predicted molar refractivity (Wildman–Crippen MR) is 145 cm³/mol. The molecule has 1 aliphatic heterocycles. The number of nitrogens with zero attached hydrogens (tertiary/aromatic N) is 1. The largest absolute Gasteiger partial charge is 0.341 e. The van der Waals surface area contributed by atoms with Crippen LogP contribution in [0.5, 0.6) is 0 Å². The Kier molecular flexibility index (Phi) is 7.01. The number of halogens is 1.